The Balaban J connectivity index is 2.47. The largest absolute Gasteiger partial charge is 0.503 e. The van der Waals surface area contributed by atoms with Crippen molar-refractivity contribution in [2.45, 2.75) is 19.3 Å². The van der Waals surface area contributed by atoms with Crippen molar-refractivity contribution in [1.82, 2.24) is 4.90 Å². The summed E-state index contributed by atoms with van der Waals surface area (Å²) in [5, 5.41) is 20.9. The zero-order valence-electron chi connectivity index (χ0n) is 14.0. The van der Waals surface area contributed by atoms with Crippen LogP contribution in [0.3, 0.4) is 0 Å². The van der Waals surface area contributed by atoms with Crippen LogP contribution in [0.1, 0.15) is 18.5 Å². The number of non-ortho nitro benzene ring substituents is 1. The van der Waals surface area contributed by atoms with Gasteiger partial charge in [0.05, 0.1) is 23.1 Å². The molecule has 134 valence electrons. The third-order valence-electron chi connectivity index (χ3n) is 3.97. The first-order chi connectivity index (χ1) is 11.8. The van der Waals surface area contributed by atoms with Gasteiger partial charge in [-0.25, -0.2) is 0 Å². The average molecular weight is 350 g/mol. The molecular weight excluding hydrogens is 332 g/mol. The van der Waals surface area contributed by atoms with E-state index in [2.05, 4.69) is 0 Å². The number of nitrogens with zero attached hydrogens (tertiary/aromatic N) is 2. The molecule has 0 aliphatic carbocycles. The first-order valence-corrected chi connectivity index (χ1v) is 7.36. The molecule has 0 fully saturated rings. The number of amides is 1. The smallest absolute Gasteiger partial charge is 0.290 e. The van der Waals surface area contributed by atoms with Crippen LogP contribution in [-0.2, 0) is 19.1 Å². The van der Waals surface area contributed by atoms with Crippen LogP contribution >= 0.6 is 0 Å². The van der Waals surface area contributed by atoms with Crippen molar-refractivity contribution in [3.8, 4) is 0 Å². The normalized spacial score (nSPS) is 17.5. The molecule has 9 nitrogen and oxygen atoms in total. The fraction of sp³-hybridized carbons (Fsp3) is 0.375. The monoisotopic (exact) mass is 350 g/mol. The minimum absolute atomic E-state index is 0.0334. The highest BCUT2D eigenvalue weighted by Gasteiger charge is 2.43. The topological polar surface area (TPSA) is 119 Å². The van der Waals surface area contributed by atoms with Gasteiger partial charge in [0, 0.05) is 26.4 Å². The number of ether oxygens (including phenoxy) is 2. The Morgan fingerprint density at radius 2 is 1.88 bits per heavy atom. The maximum atomic E-state index is 12.4. The molecule has 9 heteroatoms. The second-order valence-electron chi connectivity index (χ2n) is 5.43. The highest BCUT2D eigenvalue weighted by molar-refractivity contribution is 6.08. The maximum absolute atomic E-state index is 12.4. The molecule has 1 aliphatic rings. The number of benzene rings is 1. The lowest BCUT2D eigenvalue weighted by Crippen LogP contribution is -2.38. The first kappa shape index (κ1) is 18.6. The molecule has 0 spiro atoms. The van der Waals surface area contributed by atoms with E-state index in [1.165, 1.54) is 50.3 Å². The molecule has 0 aromatic heterocycles. The van der Waals surface area contributed by atoms with Crippen molar-refractivity contribution in [2.75, 3.05) is 20.8 Å². The first-order valence-electron chi connectivity index (χ1n) is 7.36. The molecule has 1 aromatic rings. The molecule has 0 bridgehead atoms. The summed E-state index contributed by atoms with van der Waals surface area (Å²) >= 11 is 0. The summed E-state index contributed by atoms with van der Waals surface area (Å²) in [7, 11) is 2.80. The van der Waals surface area contributed by atoms with Crippen LogP contribution in [0, 0.1) is 10.1 Å². The molecule has 1 N–H and O–H groups in total. The molecule has 1 unspecified atom stereocenters. The lowest BCUT2D eigenvalue weighted by atomic mass is 9.96. The number of ketones is 1. The summed E-state index contributed by atoms with van der Waals surface area (Å²) in [6.45, 7) is 1.21. The van der Waals surface area contributed by atoms with E-state index in [4.69, 9.17) is 9.47 Å². The van der Waals surface area contributed by atoms with E-state index in [1.54, 1.807) is 0 Å². The van der Waals surface area contributed by atoms with Gasteiger partial charge in [-0.2, -0.15) is 0 Å². The Kier molecular flexibility index (Phi) is 5.50. The van der Waals surface area contributed by atoms with Crippen molar-refractivity contribution < 1.29 is 29.1 Å². The quantitative estimate of drug-likeness (QED) is 0.449. The van der Waals surface area contributed by atoms with Crippen molar-refractivity contribution >= 4 is 17.4 Å². The third-order valence-corrected chi connectivity index (χ3v) is 3.97. The zero-order chi connectivity index (χ0) is 18.7. The number of hydrogen-bond donors (Lipinski definition) is 1. The van der Waals surface area contributed by atoms with Crippen LogP contribution in [0.15, 0.2) is 35.6 Å². The molecular formula is C16H18N2O7. The van der Waals surface area contributed by atoms with Crippen LogP contribution < -0.4 is 0 Å². The number of nitro groups is 1. The van der Waals surface area contributed by atoms with Gasteiger partial charge in [-0.1, -0.05) is 0 Å². The van der Waals surface area contributed by atoms with Crippen LogP contribution in [0.2, 0.25) is 0 Å². The molecule has 1 aliphatic heterocycles. The van der Waals surface area contributed by atoms with Gasteiger partial charge in [-0.15, -0.1) is 0 Å². The van der Waals surface area contributed by atoms with E-state index in [-0.39, 0.29) is 17.8 Å². The van der Waals surface area contributed by atoms with Crippen molar-refractivity contribution in [3.63, 3.8) is 0 Å². The van der Waals surface area contributed by atoms with Crippen LogP contribution in [0.25, 0.3) is 0 Å². The van der Waals surface area contributed by atoms with Crippen LogP contribution in [-0.4, -0.2) is 53.7 Å². The second-order valence-corrected chi connectivity index (χ2v) is 5.43. The summed E-state index contributed by atoms with van der Waals surface area (Å²) in [6.07, 6.45) is -0.761. The predicted molar refractivity (Wildman–Crippen MR) is 85.7 cm³/mol. The molecule has 1 atom stereocenters. The predicted octanol–water partition coefficient (Wildman–Crippen LogP) is 1.50. The molecule has 1 heterocycles. The Morgan fingerprint density at radius 1 is 1.32 bits per heavy atom. The summed E-state index contributed by atoms with van der Waals surface area (Å²) in [4.78, 5) is 35.9. The maximum Gasteiger partial charge on any atom is 0.290 e. The number of Topliss-reactive ketones (excluding diaryl/α,β-unsaturated/α-hetero) is 1. The number of methoxy groups -OCH3 is 2. The van der Waals surface area contributed by atoms with E-state index < -0.39 is 34.7 Å². The van der Waals surface area contributed by atoms with E-state index >= 15 is 0 Å². The van der Waals surface area contributed by atoms with Crippen molar-refractivity contribution in [2.24, 2.45) is 0 Å². The van der Waals surface area contributed by atoms with E-state index in [0.717, 1.165) is 0 Å². The zero-order valence-corrected chi connectivity index (χ0v) is 14.0. The van der Waals surface area contributed by atoms with Crippen molar-refractivity contribution in [3.05, 3.63) is 51.3 Å². The standard InChI is InChI=1S/C16H18N2O7/c1-9(19)13-14(10-4-6-11(7-5-10)18(22)23)17(16(21)15(13)20)8-12(24-2)25-3/h4-7,12,14,20H,8H2,1-3H3. The van der Waals surface area contributed by atoms with Gasteiger partial charge in [0.1, 0.15) is 0 Å². The molecule has 1 aromatic carbocycles. The Hall–Kier alpha value is -2.78. The van der Waals surface area contributed by atoms with Crippen LogP contribution in [0.5, 0.6) is 0 Å². The van der Waals surface area contributed by atoms with E-state index in [0.29, 0.717) is 5.56 Å². The number of rotatable bonds is 7. The summed E-state index contributed by atoms with van der Waals surface area (Å²) in [5.74, 6) is -1.84. The van der Waals surface area contributed by atoms with Gasteiger partial charge in [0.15, 0.2) is 17.8 Å². The van der Waals surface area contributed by atoms with Crippen LogP contribution in [0.4, 0.5) is 5.69 Å². The van der Waals surface area contributed by atoms with E-state index in [9.17, 15) is 24.8 Å². The Labute approximate surface area is 143 Å². The number of carbonyl (C=O) groups is 2. The highest BCUT2D eigenvalue weighted by atomic mass is 16.7. The number of carbonyl (C=O) groups excluding carboxylic acids is 2. The average Bonchev–Trinajstić information content (AvgIpc) is 2.84. The molecule has 25 heavy (non-hydrogen) atoms. The van der Waals surface area contributed by atoms with Gasteiger partial charge in [-0.05, 0) is 24.6 Å². The third kappa shape index (κ3) is 3.52. The fourth-order valence-corrected chi connectivity index (χ4v) is 2.73. The molecule has 0 saturated carbocycles. The van der Waals surface area contributed by atoms with E-state index in [1.807, 2.05) is 0 Å². The summed E-state index contributed by atoms with van der Waals surface area (Å²) < 4.78 is 10.2. The summed E-state index contributed by atoms with van der Waals surface area (Å²) in [5.41, 5.74) is 0.271. The highest BCUT2D eigenvalue weighted by Crippen LogP contribution is 2.38. The molecule has 2 rings (SSSR count). The Morgan fingerprint density at radius 3 is 2.32 bits per heavy atom. The van der Waals surface area contributed by atoms with Gasteiger partial charge in [0.25, 0.3) is 11.6 Å². The number of nitro benzene ring substituents is 1. The minimum atomic E-state index is -0.876. The van der Waals surface area contributed by atoms with Gasteiger partial charge in [0.2, 0.25) is 0 Å². The fourth-order valence-electron chi connectivity index (χ4n) is 2.73. The number of aliphatic hydroxyl groups is 1. The van der Waals surface area contributed by atoms with Gasteiger partial charge >= 0.3 is 0 Å². The Bertz CT molecular complexity index is 723. The van der Waals surface area contributed by atoms with Gasteiger partial charge < -0.3 is 19.5 Å². The van der Waals surface area contributed by atoms with Gasteiger partial charge in [-0.3, -0.25) is 19.7 Å². The lowest BCUT2D eigenvalue weighted by molar-refractivity contribution is -0.384. The lowest BCUT2D eigenvalue weighted by Gasteiger charge is -2.29. The number of hydrogen-bond acceptors (Lipinski definition) is 7. The number of aliphatic hydroxyl groups excluding tert-OH is 1. The minimum Gasteiger partial charge on any atom is -0.503 e. The second kappa shape index (κ2) is 7.41. The SMILES string of the molecule is COC(CN1C(=O)C(O)=C(C(C)=O)C1c1ccc([N+](=O)[O-])cc1)OC. The molecule has 0 radical (unpaired) electrons. The summed E-state index contributed by atoms with van der Waals surface area (Å²) in [6, 6.07) is 4.56. The molecule has 0 saturated heterocycles. The molecule has 1 amide bonds. The van der Waals surface area contributed by atoms with Crippen molar-refractivity contribution in [1.29, 1.82) is 0 Å².